The van der Waals surface area contributed by atoms with Crippen molar-refractivity contribution in [2.45, 2.75) is 39.4 Å². The summed E-state index contributed by atoms with van der Waals surface area (Å²) in [6, 6.07) is 9.49. The van der Waals surface area contributed by atoms with E-state index in [1.807, 2.05) is 51.1 Å². The van der Waals surface area contributed by atoms with Crippen molar-refractivity contribution < 1.29 is 47.5 Å². The van der Waals surface area contributed by atoms with Crippen molar-refractivity contribution in [3.63, 3.8) is 0 Å². The fourth-order valence-electron chi connectivity index (χ4n) is 2.75. The first-order valence-electron chi connectivity index (χ1n) is 13.0. The van der Waals surface area contributed by atoms with Gasteiger partial charge < -0.3 is 43.2 Å². The molecule has 11 nitrogen and oxygen atoms in total. The molecule has 0 unspecified atom stereocenters. The lowest BCUT2D eigenvalue weighted by molar-refractivity contribution is -0.156. The zero-order valence-corrected chi connectivity index (χ0v) is 23.1. The van der Waals surface area contributed by atoms with Crippen LogP contribution < -0.4 is 5.32 Å². The molecule has 0 atom stereocenters. The lowest BCUT2D eigenvalue weighted by atomic mass is 10.2. The average molecular weight is 544 g/mol. The summed E-state index contributed by atoms with van der Waals surface area (Å²) in [7, 11) is 0. The fraction of sp³-hybridized carbons (Fsp3) is 0.704. The molecule has 1 aromatic carbocycles. The summed E-state index contributed by atoms with van der Waals surface area (Å²) in [5.41, 5.74) is 0.461. The predicted octanol–water partition coefficient (Wildman–Crippen LogP) is 2.74. The summed E-state index contributed by atoms with van der Waals surface area (Å²) in [5, 5.41) is 2.63. The number of hydrogen-bond acceptors (Lipinski definition) is 10. The van der Waals surface area contributed by atoms with Crippen molar-refractivity contribution in [3.8, 4) is 0 Å². The summed E-state index contributed by atoms with van der Waals surface area (Å²) >= 11 is 0. The number of amides is 1. The molecule has 0 fully saturated rings. The molecule has 1 N–H and O–H groups in total. The highest BCUT2D eigenvalue weighted by atomic mass is 16.6. The lowest BCUT2D eigenvalue weighted by Crippen LogP contribution is -2.28. The van der Waals surface area contributed by atoms with E-state index in [9.17, 15) is 9.59 Å². The van der Waals surface area contributed by atoms with Gasteiger partial charge in [0.05, 0.1) is 85.7 Å². The van der Waals surface area contributed by atoms with Crippen molar-refractivity contribution >= 4 is 12.1 Å². The van der Waals surface area contributed by atoms with Gasteiger partial charge in [0.1, 0.15) is 12.2 Å². The van der Waals surface area contributed by atoms with E-state index in [-0.39, 0.29) is 19.0 Å². The quantitative estimate of drug-likeness (QED) is 0.163. The van der Waals surface area contributed by atoms with Crippen molar-refractivity contribution in [1.29, 1.82) is 0 Å². The van der Waals surface area contributed by atoms with Crippen LogP contribution in [0.15, 0.2) is 30.3 Å². The number of ether oxygens (including phenoxy) is 8. The first-order chi connectivity index (χ1) is 18.4. The number of benzene rings is 1. The molecule has 0 saturated heterocycles. The number of hydrogen-bond donors (Lipinski definition) is 1. The number of carbonyl (C=O) groups is 2. The van der Waals surface area contributed by atoms with Gasteiger partial charge in [0.25, 0.3) is 0 Å². The summed E-state index contributed by atoms with van der Waals surface area (Å²) in [4.78, 5) is 23.1. The van der Waals surface area contributed by atoms with Gasteiger partial charge in [-0.1, -0.05) is 30.3 Å². The molecule has 0 heterocycles. The number of carbonyl (C=O) groups excluding carboxylic acids is 2. The van der Waals surface area contributed by atoms with Crippen LogP contribution in [-0.2, 0) is 49.3 Å². The Morgan fingerprint density at radius 3 is 1.58 bits per heavy atom. The van der Waals surface area contributed by atoms with E-state index in [1.54, 1.807) is 0 Å². The van der Waals surface area contributed by atoms with Crippen LogP contribution in [0.1, 0.15) is 32.8 Å². The minimum Gasteiger partial charge on any atom is -0.460 e. The van der Waals surface area contributed by atoms with E-state index >= 15 is 0 Å². The highest BCUT2D eigenvalue weighted by molar-refractivity contribution is 5.69. The lowest BCUT2D eigenvalue weighted by Gasteiger charge is -2.19. The third-order valence-electron chi connectivity index (χ3n) is 4.46. The molecular formula is C27H45NO10. The van der Waals surface area contributed by atoms with Crippen LogP contribution in [0.2, 0.25) is 0 Å². The Labute approximate surface area is 226 Å². The Morgan fingerprint density at radius 1 is 0.658 bits per heavy atom. The molecule has 0 spiro atoms. The van der Waals surface area contributed by atoms with Crippen LogP contribution in [-0.4, -0.2) is 103 Å². The van der Waals surface area contributed by atoms with E-state index < -0.39 is 11.7 Å². The molecular weight excluding hydrogens is 498 g/mol. The Hall–Kier alpha value is -2.28. The van der Waals surface area contributed by atoms with Gasteiger partial charge in [-0.3, -0.25) is 4.79 Å². The van der Waals surface area contributed by atoms with Crippen molar-refractivity contribution in [2.24, 2.45) is 0 Å². The second-order valence-electron chi connectivity index (χ2n) is 9.00. The smallest absolute Gasteiger partial charge is 0.407 e. The molecule has 0 aliphatic heterocycles. The van der Waals surface area contributed by atoms with Crippen molar-refractivity contribution in [2.75, 3.05) is 85.8 Å². The summed E-state index contributed by atoms with van der Waals surface area (Å²) in [6.45, 7) is 11.3. The largest absolute Gasteiger partial charge is 0.460 e. The summed E-state index contributed by atoms with van der Waals surface area (Å²) < 4.78 is 42.7. The molecule has 1 rings (SSSR count). The highest BCUT2D eigenvalue weighted by Crippen LogP contribution is 2.08. The van der Waals surface area contributed by atoms with Gasteiger partial charge in [0.15, 0.2) is 0 Å². The number of nitrogens with one attached hydrogen (secondary N) is 1. The van der Waals surface area contributed by atoms with E-state index in [4.69, 9.17) is 37.9 Å². The molecule has 0 aromatic heterocycles. The first kappa shape index (κ1) is 33.7. The van der Waals surface area contributed by atoms with E-state index in [0.717, 1.165) is 5.56 Å². The maximum atomic E-state index is 11.6. The molecule has 0 radical (unpaired) electrons. The van der Waals surface area contributed by atoms with E-state index in [2.05, 4.69) is 5.32 Å². The monoisotopic (exact) mass is 543 g/mol. The predicted molar refractivity (Wildman–Crippen MR) is 140 cm³/mol. The van der Waals surface area contributed by atoms with Crippen LogP contribution >= 0.6 is 0 Å². The second-order valence-corrected chi connectivity index (χ2v) is 9.00. The van der Waals surface area contributed by atoms with E-state index in [1.165, 1.54) is 0 Å². The van der Waals surface area contributed by atoms with Gasteiger partial charge in [-0.15, -0.1) is 0 Å². The first-order valence-corrected chi connectivity index (χ1v) is 13.0. The normalized spacial score (nSPS) is 11.3. The van der Waals surface area contributed by atoms with Gasteiger partial charge in [0.2, 0.25) is 0 Å². The maximum Gasteiger partial charge on any atom is 0.407 e. The summed E-state index contributed by atoms with van der Waals surface area (Å²) in [5.74, 6) is -0.269. The van der Waals surface area contributed by atoms with Gasteiger partial charge in [0, 0.05) is 6.54 Å². The van der Waals surface area contributed by atoms with Crippen molar-refractivity contribution in [3.05, 3.63) is 35.9 Å². The third kappa shape index (κ3) is 22.9. The van der Waals surface area contributed by atoms with Crippen LogP contribution in [0.3, 0.4) is 0 Å². The van der Waals surface area contributed by atoms with Gasteiger partial charge in [-0.25, -0.2) is 4.79 Å². The molecule has 11 heteroatoms. The maximum absolute atomic E-state index is 11.6. The van der Waals surface area contributed by atoms with Gasteiger partial charge in [-0.05, 0) is 26.3 Å². The van der Waals surface area contributed by atoms with Gasteiger partial charge in [-0.2, -0.15) is 0 Å². The average Bonchev–Trinajstić information content (AvgIpc) is 2.88. The Morgan fingerprint density at radius 2 is 1.11 bits per heavy atom. The molecule has 0 bridgehead atoms. The number of esters is 1. The molecule has 0 aliphatic rings. The zero-order chi connectivity index (χ0) is 27.7. The van der Waals surface area contributed by atoms with Crippen molar-refractivity contribution in [1.82, 2.24) is 5.32 Å². The molecule has 0 aliphatic carbocycles. The summed E-state index contributed by atoms with van der Waals surface area (Å²) in [6.07, 6.45) is -0.243. The minimum absolute atomic E-state index is 0.229. The molecule has 218 valence electrons. The zero-order valence-electron chi connectivity index (χ0n) is 23.1. The Bertz CT molecular complexity index is 712. The van der Waals surface area contributed by atoms with Crippen LogP contribution in [0.25, 0.3) is 0 Å². The fourth-order valence-corrected chi connectivity index (χ4v) is 2.75. The molecule has 38 heavy (non-hydrogen) atoms. The van der Waals surface area contributed by atoms with Crippen LogP contribution in [0.5, 0.6) is 0 Å². The van der Waals surface area contributed by atoms with Gasteiger partial charge >= 0.3 is 12.1 Å². The highest BCUT2D eigenvalue weighted by Gasteiger charge is 2.15. The third-order valence-corrected chi connectivity index (χ3v) is 4.46. The number of rotatable bonds is 23. The van der Waals surface area contributed by atoms with Crippen LogP contribution in [0, 0.1) is 0 Å². The molecule has 0 saturated carbocycles. The molecule has 1 aromatic rings. The topological polar surface area (TPSA) is 120 Å². The number of alkyl carbamates (subject to hydrolysis) is 1. The molecule has 1 amide bonds. The van der Waals surface area contributed by atoms with Crippen LogP contribution in [0.4, 0.5) is 4.79 Å². The Balaban J connectivity index is 1.71. The SMILES string of the molecule is CC(C)(C)OC(=O)CCOCCOCCOCCOCCOCCOCCNC(=O)OCc1ccccc1. The Kier molecular flexibility index (Phi) is 20.1. The van der Waals surface area contributed by atoms with E-state index in [0.29, 0.717) is 85.8 Å². The standard InChI is InChI=1S/C27H45NO10/c1-27(2,3)38-25(29)9-11-31-13-15-33-17-19-35-21-22-36-20-18-34-16-14-32-12-10-28-26(30)37-23-24-7-5-4-6-8-24/h4-8H,9-23H2,1-3H3,(H,28,30). The minimum atomic E-state index is -0.474. The second kappa shape index (κ2) is 22.7.